The third kappa shape index (κ3) is 2.93. The van der Waals surface area contributed by atoms with Crippen LogP contribution in [-0.2, 0) is 0 Å². The Hall–Kier alpha value is -1.30. The fraction of sp³-hybridized carbons (Fsp3) is 0.538. The number of piperazine rings is 1. The van der Waals surface area contributed by atoms with Gasteiger partial charge < -0.3 is 15.1 Å². The van der Waals surface area contributed by atoms with Gasteiger partial charge in [-0.1, -0.05) is 6.07 Å². The number of phenolic OH excluding ortho intramolecular Hbond substituents is 2. The Morgan fingerprint density at radius 3 is 2.22 bits per heavy atom. The van der Waals surface area contributed by atoms with Crippen molar-refractivity contribution < 1.29 is 10.2 Å². The molecule has 0 spiro atoms. The van der Waals surface area contributed by atoms with Gasteiger partial charge in [0.2, 0.25) is 0 Å². The van der Waals surface area contributed by atoms with E-state index in [9.17, 15) is 10.2 Å². The molecule has 18 heavy (non-hydrogen) atoms. The number of benzene rings is 1. The predicted molar refractivity (Wildman–Crippen MR) is 70.4 cm³/mol. The van der Waals surface area contributed by atoms with Gasteiger partial charge in [0.05, 0.1) is 11.6 Å². The van der Waals surface area contributed by atoms with Crippen LogP contribution in [0.25, 0.3) is 0 Å². The van der Waals surface area contributed by atoms with Gasteiger partial charge in [0.25, 0.3) is 0 Å². The van der Waals surface area contributed by atoms with Gasteiger partial charge in [-0.25, -0.2) is 10.4 Å². The van der Waals surface area contributed by atoms with Crippen molar-refractivity contribution in [3.8, 4) is 11.5 Å². The number of hydrogen-bond donors (Lipinski definition) is 3. The lowest BCUT2D eigenvalue weighted by Gasteiger charge is -2.34. The van der Waals surface area contributed by atoms with Crippen molar-refractivity contribution in [1.29, 1.82) is 0 Å². The molecule has 2 rings (SSSR count). The van der Waals surface area contributed by atoms with Crippen LogP contribution in [0, 0.1) is 0 Å². The van der Waals surface area contributed by atoms with Crippen LogP contribution in [0.5, 0.6) is 11.5 Å². The lowest BCUT2D eigenvalue weighted by Crippen LogP contribution is -2.51. The molecule has 1 unspecified atom stereocenters. The molecule has 3 N–H and O–H groups in total. The highest BCUT2D eigenvalue weighted by molar-refractivity contribution is 5.44. The molecular formula is C13H21N3O2. The number of likely N-dealkylation sites (N-methyl/N-ethyl adjacent to an activating group) is 1. The highest BCUT2D eigenvalue weighted by Gasteiger charge is 2.19. The predicted octanol–water partition coefficient (Wildman–Crippen LogP) is 0.911. The molecule has 0 aromatic heterocycles. The van der Waals surface area contributed by atoms with Gasteiger partial charge >= 0.3 is 0 Å². The van der Waals surface area contributed by atoms with E-state index < -0.39 is 0 Å². The fourth-order valence-corrected chi connectivity index (χ4v) is 2.26. The van der Waals surface area contributed by atoms with E-state index in [1.165, 1.54) is 0 Å². The molecule has 1 saturated heterocycles. The summed E-state index contributed by atoms with van der Waals surface area (Å²) in [7, 11) is 2.11. The third-order valence-corrected chi connectivity index (χ3v) is 3.37. The van der Waals surface area contributed by atoms with Crippen molar-refractivity contribution in [3.05, 3.63) is 23.8 Å². The Morgan fingerprint density at radius 2 is 1.67 bits per heavy atom. The fourth-order valence-electron chi connectivity index (χ4n) is 2.26. The molecule has 1 aliphatic heterocycles. The number of nitrogens with zero attached hydrogens (tertiary/aromatic N) is 2. The molecule has 0 radical (unpaired) electrons. The summed E-state index contributed by atoms with van der Waals surface area (Å²) in [6, 6.07) is 4.71. The molecule has 1 fully saturated rings. The number of hydrogen-bond acceptors (Lipinski definition) is 5. The maximum atomic E-state index is 9.81. The van der Waals surface area contributed by atoms with Gasteiger partial charge in [-0.2, -0.15) is 0 Å². The Bertz CT molecular complexity index is 383. The van der Waals surface area contributed by atoms with E-state index in [1.54, 1.807) is 18.2 Å². The summed E-state index contributed by atoms with van der Waals surface area (Å²) < 4.78 is 0. The minimum atomic E-state index is -0.116. The van der Waals surface area contributed by atoms with Gasteiger partial charge in [-0.3, -0.25) is 0 Å². The van der Waals surface area contributed by atoms with E-state index in [4.69, 9.17) is 0 Å². The molecule has 5 heteroatoms. The lowest BCUT2D eigenvalue weighted by molar-refractivity contribution is 0.0889. The maximum Gasteiger partial charge on any atom is 0.124 e. The number of phenols is 2. The standard InChI is InChI=1S/C13H21N3O2/c1-10(13-11(17)4-3-5-12(13)18)14-16-8-6-15(2)7-9-16/h3-5,10,14,17-18H,6-9H2,1-2H3. The van der Waals surface area contributed by atoms with Crippen molar-refractivity contribution in [2.24, 2.45) is 0 Å². The van der Waals surface area contributed by atoms with Crippen LogP contribution in [0.15, 0.2) is 18.2 Å². The van der Waals surface area contributed by atoms with Gasteiger partial charge in [-0.05, 0) is 26.1 Å². The maximum absolute atomic E-state index is 9.81. The molecule has 1 atom stereocenters. The Labute approximate surface area is 108 Å². The second kappa shape index (κ2) is 5.56. The largest absolute Gasteiger partial charge is 0.507 e. The summed E-state index contributed by atoms with van der Waals surface area (Å²) in [5, 5.41) is 21.7. The van der Waals surface area contributed by atoms with E-state index in [1.807, 2.05) is 6.92 Å². The molecule has 0 aliphatic carbocycles. The Morgan fingerprint density at radius 1 is 1.11 bits per heavy atom. The minimum Gasteiger partial charge on any atom is -0.507 e. The third-order valence-electron chi connectivity index (χ3n) is 3.37. The quantitative estimate of drug-likeness (QED) is 0.745. The molecular weight excluding hydrogens is 230 g/mol. The second-order valence-corrected chi connectivity index (χ2v) is 4.85. The first-order valence-electron chi connectivity index (χ1n) is 6.28. The van der Waals surface area contributed by atoms with Gasteiger partial charge in [0.1, 0.15) is 11.5 Å². The summed E-state index contributed by atoms with van der Waals surface area (Å²) >= 11 is 0. The average molecular weight is 251 g/mol. The molecule has 0 bridgehead atoms. The van der Waals surface area contributed by atoms with Crippen LogP contribution in [0.2, 0.25) is 0 Å². The van der Waals surface area contributed by atoms with Crippen LogP contribution in [0.1, 0.15) is 18.5 Å². The van der Waals surface area contributed by atoms with Crippen molar-refractivity contribution in [3.63, 3.8) is 0 Å². The van der Waals surface area contributed by atoms with E-state index in [0.717, 1.165) is 26.2 Å². The summed E-state index contributed by atoms with van der Waals surface area (Å²) in [6.45, 7) is 5.86. The molecule has 1 aromatic carbocycles. The number of hydrazine groups is 1. The topological polar surface area (TPSA) is 59.0 Å². The van der Waals surface area contributed by atoms with Crippen molar-refractivity contribution >= 4 is 0 Å². The number of nitrogens with one attached hydrogen (secondary N) is 1. The molecule has 1 heterocycles. The minimum absolute atomic E-state index is 0.116. The zero-order valence-corrected chi connectivity index (χ0v) is 10.9. The van der Waals surface area contributed by atoms with Crippen molar-refractivity contribution in [2.75, 3.05) is 33.2 Å². The molecule has 5 nitrogen and oxygen atoms in total. The highest BCUT2D eigenvalue weighted by Crippen LogP contribution is 2.32. The Balaban J connectivity index is 2.01. The van der Waals surface area contributed by atoms with Crippen LogP contribution < -0.4 is 5.43 Å². The zero-order chi connectivity index (χ0) is 13.1. The molecule has 100 valence electrons. The molecule has 1 aliphatic rings. The number of rotatable bonds is 3. The normalized spacial score (nSPS) is 19.9. The SMILES string of the molecule is CC(NN1CCN(C)CC1)c1c(O)cccc1O. The highest BCUT2D eigenvalue weighted by atomic mass is 16.3. The Kier molecular flexibility index (Phi) is 4.06. The first kappa shape index (κ1) is 13.1. The molecule has 1 aromatic rings. The van der Waals surface area contributed by atoms with E-state index in [-0.39, 0.29) is 17.5 Å². The van der Waals surface area contributed by atoms with Crippen molar-refractivity contribution in [1.82, 2.24) is 15.3 Å². The van der Waals surface area contributed by atoms with Gasteiger partial charge in [0.15, 0.2) is 0 Å². The monoisotopic (exact) mass is 251 g/mol. The molecule has 0 saturated carbocycles. The second-order valence-electron chi connectivity index (χ2n) is 4.85. The van der Waals surface area contributed by atoms with Gasteiger partial charge in [-0.15, -0.1) is 0 Å². The average Bonchev–Trinajstić information content (AvgIpc) is 2.32. The smallest absolute Gasteiger partial charge is 0.124 e. The van der Waals surface area contributed by atoms with Gasteiger partial charge in [0, 0.05) is 26.2 Å². The van der Waals surface area contributed by atoms with Crippen LogP contribution in [-0.4, -0.2) is 53.3 Å². The molecule has 0 amide bonds. The van der Waals surface area contributed by atoms with E-state index in [0.29, 0.717) is 5.56 Å². The van der Waals surface area contributed by atoms with Crippen molar-refractivity contribution in [2.45, 2.75) is 13.0 Å². The van der Waals surface area contributed by atoms with Crippen LogP contribution >= 0.6 is 0 Å². The van der Waals surface area contributed by atoms with Crippen LogP contribution in [0.3, 0.4) is 0 Å². The zero-order valence-electron chi connectivity index (χ0n) is 10.9. The summed E-state index contributed by atoms with van der Waals surface area (Å²) in [6.07, 6.45) is 0. The first-order chi connectivity index (χ1) is 8.58. The summed E-state index contributed by atoms with van der Waals surface area (Å²) in [4.78, 5) is 2.28. The van der Waals surface area contributed by atoms with E-state index >= 15 is 0 Å². The van der Waals surface area contributed by atoms with Crippen LogP contribution in [0.4, 0.5) is 0 Å². The lowest BCUT2D eigenvalue weighted by atomic mass is 10.1. The number of aromatic hydroxyl groups is 2. The first-order valence-corrected chi connectivity index (χ1v) is 6.28. The van der Waals surface area contributed by atoms with E-state index in [2.05, 4.69) is 22.4 Å². The summed E-state index contributed by atoms with van der Waals surface area (Å²) in [5.41, 5.74) is 3.88. The summed E-state index contributed by atoms with van der Waals surface area (Å²) in [5.74, 6) is 0.258.